The number of benzene rings is 1. The van der Waals surface area contributed by atoms with Crippen molar-refractivity contribution in [1.82, 2.24) is 4.90 Å². The molecule has 0 radical (unpaired) electrons. The number of likely N-dealkylation sites (N-methyl/N-ethyl adjacent to an activating group) is 1. The molecule has 1 aromatic rings. The Bertz CT molecular complexity index is 341. The SMILES string of the molecule is CC[C@@H](O)CN(CC)[C@@H](C)c1cccc(O)c1. The van der Waals surface area contributed by atoms with Crippen molar-refractivity contribution in [2.75, 3.05) is 13.1 Å². The minimum atomic E-state index is -0.283. The zero-order chi connectivity index (χ0) is 12.8. The van der Waals surface area contributed by atoms with Crippen molar-refractivity contribution in [3.8, 4) is 5.75 Å². The second-order valence-corrected chi connectivity index (χ2v) is 4.42. The molecule has 0 fully saturated rings. The normalized spacial score (nSPS) is 14.9. The van der Waals surface area contributed by atoms with Crippen molar-refractivity contribution in [2.45, 2.75) is 39.3 Å². The van der Waals surface area contributed by atoms with Crippen LogP contribution in [0.1, 0.15) is 38.8 Å². The van der Waals surface area contributed by atoms with Gasteiger partial charge in [-0.1, -0.05) is 26.0 Å². The zero-order valence-electron chi connectivity index (χ0n) is 10.9. The van der Waals surface area contributed by atoms with Crippen LogP contribution in [0.3, 0.4) is 0 Å². The van der Waals surface area contributed by atoms with Crippen LogP contribution < -0.4 is 0 Å². The summed E-state index contributed by atoms with van der Waals surface area (Å²) in [4.78, 5) is 2.21. The van der Waals surface area contributed by atoms with Crippen molar-refractivity contribution >= 4 is 0 Å². The average molecular weight is 237 g/mol. The molecule has 1 aromatic carbocycles. The summed E-state index contributed by atoms with van der Waals surface area (Å²) in [7, 11) is 0. The summed E-state index contributed by atoms with van der Waals surface area (Å²) < 4.78 is 0. The van der Waals surface area contributed by atoms with Crippen molar-refractivity contribution in [3.05, 3.63) is 29.8 Å². The van der Waals surface area contributed by atoms with Gasteiger partial charge in [-0.15, -0.1) is 0 Å². The van der Waals surface area contributed by atoms with Gasteiger partial charge in [0.25, 0.3) is 0 Å². The lowest BCUT2D eigenvalue weighted by molar-refractivity contribution is 0.0918. The molecular formula is C14H23NO2. The summed E-state index contributed by atoms with van der Waals surface area (Å²) in [6.45, 7) is 7.72. The molecule has 2 atom stereocenters. The first-order valence-corrected chi connectivity index (χ1v) is 6.29. The number of nitrogens with zero attached hydrogens (tertiary/aromatic N) is 1. The van der Waals surface area contributed by atoms with Crippen LogP contribution in [0.4, 0.5) is 0 Å². The van der Waals surface area contributed by atoms with Gasteiger partial charge < -0.3 is 10.2 Å². The maximum Gasteiger partial charge on any atom is 0.115 e. The maximum absolute atomic E-state index is 9.72. The van der Waals surface area contributed by atoms with Gasteiger partial charge in [-0.25, -0.2) is 0 Å². The molecule has 0 amide bonds. The monoisotopic (exact) mass is 237 g/mol. The summed E-state index contributed by atoms with van der Waals surface area (Å²) in [6.07, 6.45) is 0.484. The number of phenols is 1. The molecule has 3 nitrogen and oxygen atoms in total. The lowest BCUT2D eigenvalue weighted by Crippen LogP contribution is -2.34. The third-order valence-electron chi connectivity index (χ3n) is 3.22. The first-order valence-electron chi connectivity index (χ1n) is 6.29. The Morgan fingerprint density at radius 1 is 1.29 bits per heavy atom. The molecule has 0 spiro atoms. The molecule has 1 rings (SSSR count). The molecule has 0 aliphatic rings. The number of aliphatic hydroxyl groups excluding tert-OH is 1. The number of phenolic OH excluding ortho intramolecular Hbond substituents is 1. The first kappa shape index (κ1) is 14.0. The molecule has 0 bridgehead atoms. The van der Waals surface area contributed by atoms with Gasteiger partial charge in [-0.3, -0.25) is 4.90 Å². The molecule has 3 heteroatoms. The van der Waals surface area contributed by atoms with E-state index in [1.807, 2.05) is 19.1 Å². The average Bonchev–Trinajstić information content (AvgIpc) is 2.34. The van der Waals surface area contributed by atoms with Crippen LogP contribution in [0.2, 0.25) is 0 Å². The number of hydrogen-bond donors (Lipinski definition) is 2. The van der Waals surface area contributed by atoms with E-state index in [-0.39, 0.29) is 12.1 Å². The number of aromatic hydroxyl groups is 1. The van der Waals surface area contributed by atoms with Crippen LogP contribution in [-0.4, -0.2) is 34.3 Å². The van der Waals surface area contributed by atoms with E-state index in [2.05, 4.69) is 18.7 Å². The van der Waals surface area contributed by atoms with Crippen molar-refractivity contribution in [2.24, 2.45) is 0 Å². The second-order valence-electron chi connectivity index (χ2n) is 4.42. The fourth-order valence-electron chi connectivity index (χ4n) is 1.96. The lowest BCUT2D eigenvalue weighted by Gasteiger charge is -2.30. The van der Waals surface area contributed by atoms with E-state index < -0.39 is 0 Å². The molecular weight excluding hydrogens is 214 g/mol. The van der Waals surface area contributed by atoms with Crippen molar-refractivity contribution in [3.63, 3.8) is 0 Å². The molecule has 0 unspecified atom stereocenters. The Labute approximate surface area is 104 Å². The van der Waals surface area contributed by atoms with Gasteiger partial charge in [0.1, 0.15) is 5.75 Å². The molecule has 0 saturated heterocycles. The van der Waals surface area contributed by atoms with Gasteiger partial charge >= 0.3 is 0 Å². The van der Waals surface area contributed by atoms with Gasteiger partial charge in [0.2, 0.25) is 0 Å². The Morgan fingerprint density at radius 3 is 2.53 bits per heavy atom. The fourth-order valence-corrected chi connectivity index (χ4v) is 1.96. The fraction of sp³-hybridized carbons (Fsp3) is 0.571. The van der Waals surface area contributed by atoms with Crippen LogP contribution in [0.5, 0.6) is 5.75 Å². The Hall–Kier alpha value is -1.06. The van der Waals surface area contributed by atoms with Gasteiger partial charge in [-0.2, -0.15) is 0 Å². The van der Waals surface area contributed by atoms with E-state index >= 15 is 0 Å². The molecule has 0 saturated carbocycles. The summed E-state index contributed by atoms with van der Waals surface area (Å²) in [5.41, 5.74) is 1.08. The smallest absolute Gasteiger partial charge is 0.115 e. The Balaban J connectivity index is 2.75. The summed E-state index contributed by atoms with van der Waals surface area (Å²) in [5.74, 6) is 0.293. The highest BCUT2D eigenvalue weighted by Gasteiger charge is 2.16. The van der Waals surface area contributed by atoms with E-state index in [0.717, 1.165) is 18.5 Å². The van der Waals surface area contributed by atoms with E-state index in [1.165, 1.54) is 0 Å². The summed E-state index contributed by atoms with van der Waals surface area (Å²) in [6, 6.07) is 7.52. The van der Waals surface area contributed by atoms with Crippen LogP contribution >= 0.6 is 0 Å². The van der Waals surface area contributed by atoms with E-state index in [0.29, 0.717) is 12.3 Å². The molecule has 0 aliphatic heterocycles. The quantitative estimate of drug-likeness (QED) is 0.799. The highest BCUT2D eigenvalue weighted by molar-refractivity contribution is 5.29. The predicted molar refractivity (Wildman–Crippen MR) is 70.1 cm³/mol. The van der Waals surface area contributed by atoms with Crippen LogP contribution in [0.15, 0.2) is 24.3 Å². The van der Waals surface area contributed by atoms with E-state index in [9.17, 15) is 10.2 Å². The van der Waals surface area contributed by atoms with Crippen molar-refractivity contribution in [1.29, 1.82) is 0 Å². The van der Waals surface area contributed by atoms with E-state index in [4.69, 9.17) is 0 Å². The highest BCUT2D eigenvalue weighted by Crippen LogP contribution is 2.23. The number of hydrogen-bond acceptors (Lipinski definition) is 3. The van der Waals surface area contributed by atoms with Crippen LogP contribution in [0, 0.1) is 0 Å². The summed E-state index contributed by atoms with van der Waals surface area (Å²) in [5, 5.41) is 19.2. The highest BCUT2D eigenvalue weighted by atomic mass is 16.3. The van der Waals surface area contributed by atoms with E-state index in [1.54, 1.807) is 12.1 Å². The third kappa shape index (κ3) is 4.02. The number of aliphatic hydroxyl groups is 1. The van der Waals surface area contributed by atoms with Gasteiger partial charge in [0, 0.05) is 12.6 Å². The maximum atomic E-state index is 9.72. The topological polar surface area (TPSA) is 43.7 Å². The molecule has 0 heterocycles. The number of rotatable bonds is 6. The Morgan fingerprint density at radius 2 is 2.00 bits per heavy atom. The van der Waals surface area contributed by atoms with Crippen LogP contribution in [-0.2, 0) is 0 Å². The predicted octanol–water partition coefficient (Wildman–Crippen LogP) is 2.55. The first-order chi connectivity index (χ1) is 8.08. The minimum Gasteiger partial charge on any atom is -0.508 e. The third-order valence-corrected chi connectivity index (χ3v) is 3.22. The van der Waals surface area contributed by atoms with Gasteiger partial charge in [0.05, 0.1) is 6.10 Å². The molecule has 2 N–H and O–H groups in total. The molecule has 96 valence electrons. The second kappa shape index (κ2) is 6.62. The zero-order valence-corrected chi connectivity index (χ0v) is 10.9. The van der Waals surface area contributed by atoms with Crippen molar-refractivity contribution < 1.29 is 10.2 Å². The largest absolute Gasteiger partial charge is 0.508 e. The Kier molecular flexibility index (Phi) is 5.45. The lowest BCUT2D eigenvalue weighted by atomic mass is 10.1. The molecule has 17 heavy (non-hydrogen) atoms. The molecule has 0 aromatic heterocycles. The minimum absolute atomic E-state index is 0.202. The standard InChI is InChI=1S/C14H23NO2/c1-4-13(16)10-15(5-2)11(3)12-7-6-8-14(17)9-12/h6-9,11,13,16-17H,4-5,10H2,1-3H3/t11-,13+/m0/s1. The summed E-state index contributed by atoms with van der Waals surface area (Å²) >= 11 is 0. The van der Waals surface area contributed by atoms with Gasteiger partial charge in [0.15, 0.2) is 0 Å². The molecule has 0 aliphatic carbocycles. The van der Waals surface area contributed by atoms with Crippen LogP contribution in [0.25, 0.3) is 0 Å². The van der Waals surface area contributed by atoms with Gasteiger partial charge in [-0.05, 0) is 37.6 Å².